The van der Waals surface area contributed by atoms with E-state index >= 15 is 0 Å². The molecular formula is C18H34F2N4O2. The topological polar surface area (TPSA) is 58.1 Å². The van der Waals surface area contributed by atoms with Crippen LogP contribution in [0.1, 0.15) is 39.0 Å². The maximum atomic E-state index is 12.4. The van der Waals surface area contributed by atoms with Crippen LogP contribution < -0.4 is 10.6 Å². The molecule has 2 fully saturated rings. The molecular weight excluding hydrogens is 342 g/mol. The Kier molecular flexibility index (Phi) is 10.2. The Morgan fingerprint density at radius 3 is 2.62 bits per heavy atom. The number of nitrogens with zero attached hydrogens (tertiary/aromatic N) is 2. The van der Waals surface area contributed by atoms with E-state index in [1.54, 1.807) is 0 Å². The Balaban J connectivity index is 1.63. The van der Waals surface area contributed by atoms with Crippen LogP contribution in [0.4, 0.5) is 8.78 Å². The molecule has 152 valence electrons. The van der Waals surface area contributed by atoms with Crippen molar-refractivity contribution < 1.29 is 18.3 Å². The third-order valence-electron chi connectivity index (χ3n) is 4.76. The van der Waals surface area contributed by atoms with Crippen molar-refractivity contribution in [2.24, 2.45) is 4.99 Å². The fraction of sp³-hybridized carbons (Fsp3) is 0.944. The molecule has 0 radical (unpaired) electrons. The number of nitrogens with one attached hydrogen (secondary N) is 2. The average Bonchev–Trinajstić information content (AvgIpc) is 2.63. The Morgan fingerprint density at radius 1 is 1.23 bits per heavy atom. The smallest absolute Gasteiger partial charge is 0.251 e. The molecule has 8 heteroatoms. The summed E-state index contributed by atoms with van der Waals surface area (Å²) in [5, 5.41) is 6.70. The zero-order valence-electron chi connectivity index (χ0n) is 15.9. The van der Waals surface area contributed by atoms with Gasteiger partial charge in [-0.3, -0.25) is 9.89 Å². The molecule has 26 heavy (non-hydrogen) atoms. The fourth-order valence-electron chi connectivity index (χ4n) is 3.32. The highest BCUT2D eigenvalue weighted by Gasteiger charge is 2.22. The summed E-state index contributed by atoms with van der Waals surface area (Å²) in [5.41, 5.74) is 0. The molecule has 0 aromatic rings. The van der Waals surface area contributed by atoms with Crippen LogP contribution in [-0.2, 0) is 9.47 Å². The molecule has 2 rings (SSSR count). The van der Waals surface area contributed by atoms with Crippen LogP contribution >= 0.6 is 0 Å². The van der Waals surface area contributed by atoms with Gasteiger partial charge in [0.2, 0.25) is 0 Å². The van der Waals surface area contributed by atoms with Gasteiger partial charge < -0.3 is 20.1 Å². The molecule has 2 N–H and O–H groups in total. The average molecular weight is 376 g/mol. The molecule has 6 nitrogen and oxygen atoms in total. The Hall–Kier alpha value is -0.990. The molecule has 0 unspecified atom stereocenters. The minimum Gasteiger partial charge on any atom is -0.381 e. The van der Waals surface area contributed by atoms with Crippen LogP contribution in [0, 0.1) is 0 Å². The van der Waals surface area contributed by atoms with Crippen molar-refractivity contribution in [2.45, 2.75) is 57.6 Å². The Labute approximate surface area is 155 Å². The van der Waals surface area contributed by atoms with Gasteiger partial charge >= 0.3 is 0 Å². The van der Waals surface area contributed by atoms with Crippen LogP contribution in [0.3, 0.4) is 0 Å². The maximum absolute atomic E-state index is 12.4. The first kappa shape index (κ1) is 21.3. The van der Waals surface area contributed by atoms with Crippen LogP contribution in [0.15, 0.2) is 4.99 Å². The highest BCUT2D eigenvalue weighted by Crippen LogP contribution is 2.12. The van der Waals surface area contributed by atoms with E-state index in [1.165, 1.54) is 0 Å². The molecule has 2 aliphatic heterocycles. The normalized spacial score (nSPS) is 21.3. The number of alkyl halides is 2. The fourth-order valence-corrected chi connectivity index (χ4v) is 3.32. The Morgan fingerprint density at radius 2 is 1.96 bits per heavy atom. The predicted octanol–water partition coefficient (Wildman–Crippen LogP) is 1.86. The van der Waals surface area contributed by atoms with Gasteiger partial charge in [-0.25, -0.2) is 8.78 Å². The number of rotatable bonds is 9. The van der Waals surface area contributed by atoms with Crippen LogP contribution in [0.5, 0.6) is 0 Å². The molecule has 2 heterocycles. The molecule has 0 aliphatic carbocycles. The number of aliphatic imine (C=N–C) groups is 1. The first-order valence-electron chi connectivity index (χ1n) is 9.92. The van der Waals surface area contributed by atoms with Crippen molar-refractivity contribution >= 4 is 5.96 Å². The first-order chi connectivity index (χ1) is 12.7. The van der Waals surface area contributed by atoms with E-state index in [4.69, 9.17) is 9.47 Å². The summed E-state index contributed by atoms with van der Waals surface area (Å²) in [6, 6.07) is 0.292. The Bertz CT molecular complexity index is 399. The van der Waals surface area contributed by atoms with Crippen LogP contribution in [0.25, 0.3) is 0 Å². The summed E-state index contributed by atoms with van der Waals surface area (Å²) in [4.78, 5) is 6.45. The largest absolute Gasteiger partial charge is 0.381 e. The van der Waals surface area contributed by atoms with E-state index in [0.29, 0.717) is 31.8 Å². The quantitative estimate of drug-likeness (QED) is 0.365. The molecule has 2 saturated heterocycles. The molecule has 0 amide bonds. The highest BCUT2D eigenvalue weighted by atomic mass is 19.3. The van der Waals surface area contributed by atoms with E-state index in [1.807, 2.05) is 11.8 Å². The molecule has 2 aliphatic rings. The standard InChI is InChI=1S/C18H34F2N4O2/c1-2-21-18(22-8-3-11-26-16-6-12-25-13-7-16)23-15-4-9-24(10-5-15)14-17(19)20/h15-17H,2-14H2,1H3,(H2,21,22,23). The van der Waals surface area contributed by atoms with Gasteiger partial charge in [0.15, 0.2) is 5.96 Å². The summed E-state index contributed by atoms with van der Waals surface area (Å²) < 4.78 is 36.1. The van der Waals surface area contributed by atoms with Gasteiger partial charge in [0.05, 0.1) is 12.6 Å². The lowest BCUT2D eigenvalue weighted by atomic mass is 10.1. The summed E-state index contributed by atoms with van der Waals surface area (Å²) in [6.45, 7) is 7.17. The van der Waals surface area contributed by atoms with Crippen molar-refractivity contribution in [3.63, 3.8) is 0 Å². The van der Waals surface area contributed by atoms with Gasteiger partial charge in [0.1, 0.15) is 0 Å². The van der Waals surface area contributed by atoms with E-state index in [9.17, 15) is 8.78 Å². The molecule has 0 atom stereocenters. The van der Waals surface area contributed by atoms with Crippen molar-refractivity contribution in [1.29, 1.82) is 0 Å². The number of likely N-dealkylation sites (tertiary alicyclic amines) is 1. The van der Waals surface area contributed by atoms with Crippen molar-refractivity contribution in [3.8, 4) is 0 Å². The van der Waals surface area contributed by atoms with Gasteiger partial charge in [-0.2, -0.15) is 0 Å². The number of piperidine rings is 1. The predicted molar refractivity (Wildman–Crippen MR) is 99.0 cm³/mol. The third kappa shape index (κ3) is 8.60. The molecule has 0 bridgehead atoms. The number of hydrogen-bond acceptors (Lipinski definition) is 4. The lowest BCUT2D eigenvalue weighted by Crippen LogP contribution is -2.49. The van der Waals surface area contributed by atoms with Crippen LogP contribution in [0.2, 0.25) is 0 Å². The van der Waals surface area contributed by atoms with Gasteiger partial charge in [0.25, 0.3) is 6.43 Å². The second kappa shape index (κ2) is 12.4. The van der Waals surface area contributed by atoms with Crippen molar-refractivity contribution in [3.05, 3.63) is 0 Å². The number of halogens is 2. The van der Waals surface area contributed by atoms with Gasteiger partial charge in [-0.05, 0) is 39.0 Å². The first-order valence-corrected chi connectivity index (χ1v) is 9.92. The maximum Gasteiger partial charge on any atom is 0.251 e. The van der Waals surface area contributed by atoms with E-state index in [0.717, 1.165) is 64.4 Å². The van der Waals surface area contributed by atoms with Crippen LogP contribution in [-0.4, -0.2) is 82.0 Å². The van der Waals surface area contributed by atoms with E-state index in [2.05, 4.69) is 15.6 Å². The van der Waals surface area contributed by atoms with Gasteiger partial charge in [-0.15, -0.1) is 0 Å². The third-order valence-corrected chi connectivity index (χ3v) is 4.76. The SMILES string of the molecule is CCNC(=NCCCOC1CCOCC1)NC1CCN(CC(F)F)CC1. The lowest BCUT2D eigenvalue weighted by Gasteiger charge is -2.32. The zero-order chi connectivity index (χ0) is 18.6. The summed E-state index contributed by atoms with van der Waals surface area (Å²) in [7, 11) is 0. The number of guanidine groups is 1. The summed E-state index contributed by atoms with van der Waals surface area (Å²) in [5.74, 6) is 0.811. The minimum absolute atomic E-state index is 0.117. The second-order valence-electron chi connectivity index (χ2n) is 6.91. The second-order valence-corrected chi connectivity index (χ2v) is 6.91. The minimum atomic E-state index is -2.25. The van der Waals surface area contributed by atoms with Crippen molar-refractivity contribution in [2.75, 3.05) is 52.5 Å². The zero-order valence-corrected chi connectivity index (χ0v) is 15.9. The van der Waals surface area contributed by atoms with Gasteiger partial charge in [-0.1, -0.05) is 0 Å². The van der Waals surface area contributed by atoms with Gasteiger partial charge in [0, 0.05) is 52.0 Å². The lowest BCUT2D eigenvalue weighted by molar-refractivity contribution is -0.0318. The molecule has 0 saturated carbocycles. The molecule has 0 aromatic heterocycles. The molecule has 0 spiro atoms. The summed E-state index contributed by atoms with van der Waals surface area (Å²) in [6.07, 6.45) is 2.67. The summed E-state index contributed by atoms with van der Waals surface area (Å²) >= 11 is 0. The van der Waals surface area contributed by atoms with E-state index in [-0.39, 0.29) is 6.54 Å². The monoisotopic (exact) mass is 376 g/mol. The molecule has 0 aromatic carbocycles. The number of ether oxygens (including phenoxy) is 2. The van der Waals surface area contributed by atoms with E-state index < -0.39 is 6.43 Å². The van der Waals surface area contributed by atoms with Crippen molar-refractivity contribution in [1.82, 2.24) is 15.5 Å². The number of hydrogen-bond donors (Lipinski definition) is 2. The highest BCUT2D eigenvalue weighted by molar-refractivity contribution is 5.80.